The Morgan fingerprint density at radius 3 is 2.56 bits per heavy atom. The van der Waals surface area contributed by atoms with E-state index in [2.05, 4.69) is 24.4 Å². The van der Waals surface area contributed by atoms with Crippen molar-refractivity contribution < 1.29 is 9.52 Å². The fourth-order valence-corrected chi connectivity index (χ4v) is 2.02. The summed E-state index contributed by atoms with van der Waals surface area (Å²) in [5.74, 6) is 0.602. The average molecular weight is 245 g/mol. The van der Waals surface area contributed by atoms with Crippen molar-refractivity contribution in [3.8, 4) is 0 Å². The second-order valence-electron chi connectivity index (χ2n) is 4.31. The predicted molar refractivity (Wildman–Crippen MR) is 71.1 cm³/mol. The number of aliphatic hydroxyl groups excluding tert-OH is 1. The van der Waals surface area contributed by atoms with Crippen molar-refractivity contribution in [2.24, 2.45) is 0 Å². The van der Waals surface area contributed by atoms with Gasteiger partial charge in [0, 0.05) is 12.6 Å². The highest BCUT2D eigenvalue weighted by atomic mass is 16.4. The highest BCUT2D eigenvalue weighted by Crippen LogP contribution is 2.18. The van der Waals surface area contributed by atoms with E-state index in [1.165, 1.54) is 5.56 Å². The standard InChI is InChI=1S/C15H19NO2/c1-2-13(12-7-4-3-5-8-12)16-11-14(17)15-9-6-10-18-15/h3-10,13-14,16-17H,2,11H2,1H3. The van der Waals surface area contributed by atoms with E-state index in [-0.39, 0.29) is 6.04 Å². The number of benzene rings is 1. The van der Waals surface area contributed by atoms with Crippen LogP contribution in [0.2, 0.25) is 0 Å². The van der Waals surface area contributed by atoms with Gasteiger partial charge >= 0.3 is 0 Å². The summed E-state index contributed by atoms with van der Waals surface area (Å²) in [6.07, 6.45) is 1.96. The lowest BCUT2D eigenvalue weighted by molar-refractivity contribution is 0.143. The van der Waals surface area contributed by atoms with Gasteiger partial charge in [0.1, 0.15) is 11.9 Å². The van der Waals surface area contributed by atoms with Crippen LogP contribution in [0.25, 0.3) is 0 Å². The summed E-state index contributed by atoms with van der Waals surface area (Å²) < 4.78 is 5.18. The Morgan fingerprint density at radius 1 is 1.17 bits per heavy atom. The van der Waals surface area contributed by atoms with Crippen LogP contribution in [0.4, 0.5) is 0 Å². The van der Waals surface area contributed by atoms with Gasteiger partial charge in [0.25, 0.3) is 0 Å². The van der Waals surface area contributed by atoms with Crippen LogP contribution in [0.1, 0.15) is 36.8 Å². The molecule has 0 spiro atoms. The summed E-state index contributed by atoms with van der Waals surface area (Å²) in [6.45, 7) is 2.62. The predicted octanol–water partition coefficient (Wildman–Crippen LogP) is 3.05. The number of aliphatic hydroxyl groups is 1. The molecular formula is C15H19NO2. The minimum Gasteiger partial charge on any atom is -0.467 e. The second kappa shape index (κ2) is 6.38. The maximum Gasteiger partial charge on any atom is 0.133 e. The van der Waals surface area contributed by atoms with Crippen LogP contribution in [-0.4, -0.2) is 11.7 Å². The van der Waals surface area contributed by atoms with Gasteiger partial charge in [-0.15, -0.1) is 0 Å². The summed E-state index contributed by atoms with van der Waals surface area (Å²) in [6, 6.07) is 14.1. The van der Waals surface area contributed by atoms with Crippen molar-refractivity contribution in [1.29, 1.82) is 0 Å². The first-order valence-electron chi connectivity index (χ1n) is 6.31. The van der Waals surface area contributed by atoms with E-state index < -0.39 is 6.10 Å². The fraction of sp³-hybridized carbons (Fsp3) is 0.333. The summed E-state index contributed by atoms with van der Waals surface area (Å²) in [5, 5.41) is 13.3. The van der Waals surface area contributed by atoms with Crippen LogP contribution in [0.15, 0.2) is 53.1 Å². The minimum atomic E-state index is -0.599. The Hall–Kier alpha value is -1.58. The molecule has 0 amide bonds. The fourth-order valence-electron chi connectivity index (χ4n) is 2.02. The molecule has 0 aliphatic carbocycles. The molecule has 2 rings (SSSR count). The third-order valence-electron chi connectivity index (χ3n) is 3.04. The monoisotopic (exact) mass is 245 g/mol. The molecule has 2 atom stereocenters. The Morgan fingerprint density at radius 2 is 1.94 bits per heavy atom. The van der Waals surface area contributed by atoms with Crippen LogP contribution in [0.3, 0.4) is 0 Å². The van der Waals surface area contributed by atoms with E-state index in [0.717, 1.165) is 6.42 Å². The molecule has 2 unspecified atom stereocenters. The number of hydrogen-bond acceptors (Lipinski definition) is 3. The molecular weight excluding hydrogens is 226 g/mol. The van der Waals surface area contributed by atoms with Crippen molar-refractivity contribution in [1.82, 2.24) is 5.32 Å². The van der Waals surface area contributed by atoms with Gasteiger partial charge < -0.3 is 14.8 Å². The molecule has 1 aromatic heterocycles. The number of furan rings is 1. The molecule has 18 heavy (non-hydrogen) atoms. The SMILES string of the molecule is CCC(NCC(O)c1ccco1)c1ccccc1. The van der Waals surface area contributed by atoms with E-state index >= 15 is 0 Å². The van der Waals surface area contributed by atoms with Crippen molar-refractivity contribution in [2.75, 3.05) is 6.54 Å². The highest BCUT2D eigenvalue weighted by molar-refractivity contribution is 5.18. The highest BCUT2D eigenvalue weighted by Gasteiger charge is 2.13. The molecule has 2 N–H and O–H groups in total. The van der Waals surface area contributed by atoms with Crippen LogP contribution < -0.4 is 5.32 Å². The zero-order chi connectivity index (χ0) is 12.8. The first kappa shape index (κ1) is 12.9. The van der Waals surface area contributed by atoms with Crippen molar-refractivity contribution >= 4 is 0 Å². The van der Waals surface area contributed by atoms with E-state index in [1.54, 1.807) is 18.4 Å². The lowest BCUT2D eigenvalue weighted by Gasteiger charge is -2.19. The van der Waals surface area contributed by atoms with Gasteiger partial charge in [-0.25, -0.2) is 0 Å². The Labute approximate surface area is 107 Å². The molecule has 0 radical (unpaired) electrons. The lowest BCUT2D eigenvalue weighted by Crippen LogP contribution is -2.26. The van der Waals surface area contributed by atoms with E-state index in [9.17, 15) is 5.11 Å². The van der Waals surface area contributed by atoms with Crippen molar-refractivity contribution in [3.63, 3.8) is 0 Å². The summed E-state index contributed by atoms with van der Waals surface area (Å²) in [4.78, 5) is 0. The first-order valence-corrected chi connectivity index (χ1v) is 6.31. The normalized spacial score (nSPS) is 14.3. The van der Waals surface area contributed by atoms with Gasteiger partial charge in [-0.05, 0) is 24.1 Å². The summed E-state index contributed by atoms with van der Waals surface area (Å²) in [7, 11) is 0. The van der Waals surface area contributed by atoms with Crippen LogP contribution in [0, 0.1) is 0 Å². The molecule has 0 bridgehead atoms. The van der Waals surface area contributed by atoms with Gasteiger partial charge in [-0.3, -0.25) is 0 Å². The van der Waals surface area contributed by atoms with Crippen molar-refractivity contribution in [3.05, 3.63) is 60.1 Å². The molecule has 0 aliphatic heterocycles. The Bertz CT molecular complexity index is 439. The number of hydrogen-bond donors (Lipinski definition) is 2. The number of rotatable bonds is 6. The Kier molecular flexibility index (Phi) is 4.56. The quantitative estimate of drug-likeness (QED) is 0.822. The third kappa shape index (κ3) is 3.22. The molecule has 1 heterocycles. The van der Waals surface area contributed by atoms with Crippen LogP contribution in [0.5, 0.6) is 0 Å². The van der Waals surface area contributed by atoms with Gasteiger partial charge in [0.05, 0.1) is 6.26 Å². The molecule has 1 aromatic carbocycles. The van der Waals surface area contributed by atoms with E-state index in [1.807, 2.05) is 18.2 Å². The third-order valence-corrected chi connectivity index (χ3v) is 3.04. The van der Waals surface area contributed by atoms with Gasteiger partial charge in [0.2, 0.25) is 0 Å². The van der Waals surface area contributed by atoms with Crippen molar-refractivity contribution in [2.45, 2.75) is 25.5 Å². The van der Waals surface area contributed by atoms with Gasteiger partial charge in [0.15, 0.2) is 0 Å². The van der Waals surface area contributed by atoms with E-state index in [0.29, 0.717) is 12.3 Å². The maximum absolute atomic E-state index is 9.94. The van der Waals surface area contributed by atoms with Gasteiger partial charge in [-0.2, -0.15) is 0 Å². The van der Waals surface area contributed by atoms with E-state index in [4.69, 9.17) is 4.42 Å². The van der Waals surface area contributed by atoms with Gasteiger partial charge in [-0.1, -0.05) is 37.3 Å². The molecule has 0 saturated carbocycles. The maximum atomic E-state index is 9.94. The summed E-state index contributed by atoms with van der Waals surface area (Å²) in [5.41, 5.74) is 1.24. The molecule has 2 aromatic rings. The average Bonchev–Trinajstić information content (AvgIpc) is 2.94. The topological polar surface area (TPSA) is 45.4 Å². The van der Waals surface area contributed by atoms with Crippen LogP contribution in [-0.2, 0) is 0 Å². The molecule has 3 nitrogen and oxygen atoms in total. The second-order valence-corrected chi connectivity index (χ2v) is 4.31. The zero-order valence-electron chi connectivity index (χ0n) is 10.5. The Balaban J connectivity index is 1.92. The zero-order valence-corrected chi connectivity index (χ0v) is 10.5. The summed E-state index contributed by atoms with van der Waals surface area (Å²) >= 11 is 0. The molecule has 96 valence electrons. The largest absolute Gasteiger partial charge is 0.467 e. The molecule has 0 saturated heterocycles. The lowest BCUT2D eigenvalue weighted by atomic mass is 10.0. The first-order chi connectivity index (χ1) is 8.81. The smallest absolute Gasteiger partial charge is 0.133 e. The molecule has 0 aliphatic rings. The molecule has 3 heteroatoms. The number of nitrogens with one attached hydrogen (secondary N) is 1. The molecule has 0 fully saturated rings. The van der Waals surface area contributed by atoms with Crippen LogP contribution >= 0.6 is 0 Å². The minimum absolute atomic E-state index is 0.260.